The molecule has 0 spiro atoms. The highest BCUT2D eigenvalue weighted by molar-refractivity contribution is 5.75. The minimum absolute atomic E-state index is 0.0352. The van der Waals surface area contributed by atoms with Crippen LogP contribution in [0, 0.1) is 13.8 Å². The van der Waals surface area contributed by atoms with Crippen LogP contribution in [-0.2, 0) is 17.9 Å². The van der Waals surface area contributed by atoms with Gasteiger partial charge in [0.05, 0.1) is 0 Å². The second-order valence-electron chi connectivity index (χ2n) is 4.70. The molecule has 2 aromatic rings. The molecule has 0 aromatic carbocycles. The molecular formula is C15H17N3O2. The van der Waals surface area contributed by atoms with Gasteiger partial charge in [-0.05, 0) is 25.5 Å². The van der Waals surface area contributed by atoms with Gasteiger partial charge in [0.15, 0.2) is 5.43 Å². The molecule has 0 aliphatic rings. The van der Waals surface area contributed by atoms with Crippen molar-refractivity contribution < 1.29 is 4.79 Å². The van der Waals surface area contributed by atoms with E-state index in [-0.39, 0.29) is 17.9 Å². The molecule has 5 heteroatoms. The Hall–Kier alpha value is -2.43. The zero-order chi connectivity index (χ0) is 14.5. The van der Waals surface area contributed by atoms with Gasteiger partial charge >= 0.3 is 0 Å². The zero-order valence-corrected chi connectivity index (χ0v) is 11.6. The number of carbonyl (C=O) groups is 1. The number of rotatable bonds is 4. The van der Waals surface area contributed by atoms with Gasteiger partial charge in [0, 0.05) is 42.5 Å². The van der Waals surface area contributed by atoms with Crippen molar-refractivity contribution >= 4 is 5.91 Å². The summed E-state index contributed by atoms with van der Waals surface area (Å²) >= 11 is 0. The van der Waals surface area contributed by atoms with Crippen LogP contribution in [0.15, 0.2) is 41.5 Å². The predicted octanol–water partition coefficient (Wildman–Crippen LogP) is 1.18. The fourth-order valence-electron chi connectivity index (χ4n) is 2.04. The molecule has 2 aromatic heterocycles. The summed E-state index contributed by atoms with van der Waals surface area (Å²) in [4.78, 5) is 27.3. The van der Waals surface area contributed by atoms with Crippen LogP contribution in [0.25, 0.3) is 0 Å². The monoisotopic (exact) mass is 271 g/mol. The number of nitrogens with zero attached hydrogens (tertiary/aromatic N) is 2. The van der Waals surface area contributed by atoms with E-state index in [4.69, 9.17) is 0 Å². The maximum Gasteiger partial charge on any atom is 0.240 e. The van der Waals surface area contributed by atoms with E-state index in [0.29, 0.717) is 6.54 Å². The van der Waals surface area contributed by atoms with E-state index in [0.717, 1.165) is 17.0 Å². The van der Waals surface area contributed by atoms with Crippen molar-refractivity contribution in [2.75, 3.05) is 0 Å². The highest BCUT2D eigenvalue weighted by atomic mass is 16.2. The lowest BCUT2D eigenvalue weighted by atomic mass is 10.2. The summed E-state index contributed by atoms with van der Waals surface area (Å²) in [6, 6.07) is 6.80. The molecule has 0 radical (unpaired) electrons. The van der Waals surface area contributed by atoms with Crippen LogP contribution in [0.1, 0.15) is 17.0 Å². The van der Waals surface area contributed by atoms with Crippen molar-refractivity contribution in [1.29, 1.82) is 0 Å². The van der Waals surface area contributed by atoms with Gasteiger partial charge in [-0.2, -0.15) is 0 Å². The number of aryl methyl sites for hydroxylation is 2. The van der Waals surface area contributed by atoms with Crippen molar-refractivity contribution in [3.05, 3.63) is 63.8 Å². The van der Waals surface area contributed by atoms with Gasteiger partial charge in [0.25, 0.3) is 0 Å². The van der Waals surface area contributed by atoms with Gasteiger partial charge in [-0.1, -0.05) is 6.07 Å². The normalized spacial score (nSPS) is 10.3. The Balaban J connectivity index is 2.00. The molecule has 0 bridgehead atoms. The Labute approximate surface area is 117 Å². The molecule has 2 rings (SSSR count). The molecule has 0 aliphatic heterocycles. The highest BCUT2D eigenvalue weighted by Crippen LogP contribution is 2.01. The molecule has 1 amide bonds. The van der Waals surface area contributed by atoms with E-state index in [1.54, 1.807) is 12.4 Å². The lowest BCUT2D eigenvalue weighted by Gasteiger charge is -2.14. The third-order valence-corrected chi connectivity index (χ3v) is 3.07. The van der Waals surface area contributed by atoms with Crippen molar-refractivity contribution in [2.45, 2.75) is 26.9 Å². The van der Waals surface area contributed by atoms with E-state index in [1.165, 1.54) is 12.1 Å². The zero-order valence-electron chi connectivity index (χ0n) is 11.6. The minimum Gasteiger partial charge on any atom is -0.350 e. The first-order valence-corrected chi connectivity index (χ1v) is 6.40. The second kappa shape index (κ2) is 6.14. The smallest absolute Gasteiger partial charge is 0.240 e. The Bertz CT molecular complexity index is 636. The number of pyridine rings is 2. The Kier molecular flexibility index (Phi) is 4.30. The van der Waals surface area contributed by atoms with Gasteiger partial charge in [-0.3, -0.25) is 14.6 Å². The quantitative estimate of drug-likeness (QED) is 0.908. The fraction of sp³-hybridized carbons (Fsp3) is 0.267. The number of carbonyl (C=O) groups excluding carboxylic acids is 1. The average molecular weight is 271 g/mol. The summed E-state index contributed by atoms with van der Waals surface area (Å²) in [6.45, 7) is 4.30. The van der Waals surface area contributed by atoms with Crippen LogP contribution in [0.4, 0.5) is 0 Å². The van der Waals surface area contributed by atoms with Gasteiger partial charge in [-0.15, -0.1) is 0 Å². The summed E-state index contributed by atoms with van der Waals surface area (Å²) < 4.78 is 1.82. The lowest BCUT2D eigenvalue weighted by Crippen LogP contribution is -2.29. The molecule has 0 aliphatic carbocycles. The molecule has 104 valence electrons. The standard InChI is InChI=1S/C15H17N3O2/c1-11-6-14(19)7-12(2)18(11)10-15(20)17-9-13-4-3-5-16-8-13/h3-8H,9-10H2,1-2H3,(H,17,20). The van der Waals surface area contributed by atoms with Gasteiger partial charge < -0.3 is 9.88 Å². The first-order chi connectivity index (χ1) is 9.56. The molecule has 5 nitrogen and oxygen atoms in total. The van der Waals surface area contributed by atoms with E-state index in [9.17, 15) is 9.59 Å². The molecule has 2 heterocycles. The van der Waals surface area contributed by atoms with E-state index in [2.05, 4.69) is 10.3 Å². The Morgan fingerprint density at radius 1 is 1.30 bits per heavy atom. The molecule has 0 saturated carbocycles. The molecule has 20 heavy (non-hydrogen) atoms. The number of nitrogens with one attached hydrogen (secondary N) is 1. The molecular weight excluding hydrogens is 254 g/mol. The first kappa shape index (κ1) is 14.0. The van der Waals surface area contributed by atoms with Crippen molar-refractivity contribution in [3.63, 3.8) is 0 Å². The average Bonchev–Trinajstić information content (AvgIpc) is 2.42. The van der Waals surface area contributed by atoms with E-state index in [1.807, 2.05) is 30.5 Å². The first-order valence-electron chi connectivity index (χ1n) is 6.40. The lowest BCUT2D eigenvalue weighted by molar-refractivity contribution is -0.121. The molecule has 0 saturated heterocycles. The number of amides is 1. The fourth-order valence-corrected chi connectivity index (χ4v) is 2.04. The summed E-state index contributed by atoms with van der Waals surface area (Å²) in [7, 11) is 0. The summed E-state index contributed by atoms with van der Waals surface area (Å²) in [5, 5.41) is 2.84. The Morgan fingerprint density at radius 2 is 2.00 bits per heavy atom. The Morgan fingerprint density at radius 3 is 2.60 bits per heavy atom. The van der Waals surface area contributed by atoms with E-state index < -0.39 is 0 Å². The third kappa shape index (κ3) is 3.54. The van der Waals surface area contributed by atoms with Gasteiger partial charge in [0.1, 0.15) is 6.54 Å². The van der Waals surface area contributed by atoms with Crippen LogP contribution >= 0.6 is 0 Å². The molecule has 1 N–H and O–H groups in total. The van der Waals surface area contributed by atoms with Crippen LogP contribution < -0.4 is 10.7 Å². The second-order valence-corrected chi connectivity index (χ2v) is 4.70. The maximum absolute atomic E-state index is 11.9. The van der Waals surface area contributed by atoms with Crippen LogP contribution in [0.5, 0.6) is 0 Å². The summed E-state index contributed by atoms with van der Waals surface area (Å²) in [5.41, 5.74) is 2.49. The molecule has 0 fully saturated rings. The molecule has 0 atom stereocenters. The van der Waals surface area contributed by atoms with Crippen molar-refractivity contribution in [3.8, 4) is 0 Å². The number of aromatic nitrogens is 2. The largest absolute Gasteiger partial charge is 0.350 e. The SMILES string of the molecule is Cc1cc(=O)cc(C)n1CC(=O)NCc1cccnc1. The molecule has 0 unspecified atom stereocenters. The maximum atomic E-state index is 11.9. The van der Waals surface area contributed by atoms with E-state index >= 15 is 0 Å². The van der Waals surface area contributed by atoms with Crippen LogP contribution in [-0.4, -0.2) is 15.5 Å². The predicted molar refractivity (Wildman–Crippen MR) is 76.3 cm³/mol. The van der Waals surface area contributed by atoms with Crippen molar-refractivity contribution in [1.82, 2.24) is 14.9 Å². The van der Waals surface area contributed by atoms with Crippen LogP contribution in [0.2, 0.25) is 0 Å². The van der Waals surface area contributed by atoms with Gasteiger partial charge in [0.2, 0.25) is 5.91 Å². The minimum atomic E-state index is -0.0938. The van der Waals surface area contributed by atoms with Gasteiger partial charge in [-0.25, -0.2) is 0 Å². The summed E-state index contributed by atoms with van der Waals surface area (Å²) in [6.07, 6.45) is 3.41. The van der Waals surface area contributed by atoms with Crippen LogP contribution in [0.3, 0.4) is 0 Å². The topological polar surface area (TPSA) is 64.0 Å². The highest BCUT2D eigenvalue weighted by Gasteiger charge is 2.07. The van der Waals surface area contributed by atoms with Crippen molar-refractivity contribution in [2.24, 2.45) is 0 Å². The third-order valence-electron chi connectivity index (χ3n) is 3.07. The summed E-state index contributed by atoms with van der Waals surface area (Å²) in [5.74, 6) is -0.0938. The number of hydrogen-bond donors (Lipinski definition) is 1. The number of hydrogen-bond acceptors (Lipinski definition) is 3.